The first kappa shape index (κ1) is 18.2. The van der Waals surface area contributed by atoms with Gasteiger partial charge in [-0.1, -0.05) is 30.7 Å². The van der Waals surface area contributed by atoms with Gasteiger partial charge in [-0.05, 0) is 30.7 Å². The number of carbonyl (C=O) groups is 1. The Balaban J connectivity index is 2.33. The molecule has 0 unspecified atom stereocenters. The number of nitriles is 1. The van der Waals surface area contributed by atoms with Gasteiger partial charge in [0.1, 0.15) is 0 Å². The van der Waals surface area contributed by atoms with Gasteiger partial charge in [-0.3, -0.25) is 10.1 Å². The van der Waals surface area contributed by atoms with Crippen molar-refractivity contribution in [3.63, 3.8) is 0 Å². The van der Waals surface area contributed by atoms with Crippen LogP contribution in [-0.4, -0.2) is 23.4 Å². The molecule has 0 saturated heterocycles. The van der Waals surface area contributed by atoms with Crippen molar-refractivity contribution in [3.8, 4) is 6.19 Å². The highest BCUT2D eigenvalue weighted by atomic mass is 35.5. The van der Waals surface area contributed by atoms with Gasteiger partial charge in [0.15, 0.2) is 11.3 Å². The molecule has 0 radical (unpaired) electrons. The fraction of sp³-hybridized carbons (Fsp3) is 0.176. The van der Waals surface area contributed by atoms with Gasteiger partial charge in [-0.25, -0.2) is 9.98 Å². The number of hydrogen-bond donors (Lipinski definition) is 3. The summed E-state index contributed by atoms with van der Waals surface area (Å²) < 4.78 is 0. The number of pyridine rings is 1. The molecule has 0 atom stereocenters. The summed E-state index contributed by atoms with van der Waals surface area (Å²) in [5.41, 5.74) is 1.31. The van der Waals surface area contributed by atoms with Crippen molar-refractivity contribution < 1.29 is 4.79 Å². The SMILES string of the molecule is CCCNC(=O)c1ccccc1N=C(NC#N)Nc1cccnc1Cl. The minimum absolute atomic E-state index is 0.133. The molecule has 1 amide bonds. The average Bonchev–Trinajstić information content (AvgIpc) is 2.62. The van der Waals surface area contributed by atoms with Gasteiger partial charge in [0.25, 0.3) is 5.91 Å². The van der Waals surface area contributed by atoms with Crippen LogP contribution in [0, 0.1) is 11.5 Å². The number of amides is 1. The Morgan fingerprint density at radius 2 is 2.12 bits per heavy atom. The van der Waals surface area contributed by atoms with E-state index in [1.54, 1.807) is 48.8 Å². The average molecular weight is 357 g/mol. The first-order valence-electron chi connectivity index (χ1n) is 7.64. The number of nitrogens with zero attached hydrogens (tertiary/aromatic N) is 3. The lowest BCUT2D eigenvalue weighted by atomic mass is 10.1. The van der Waals surface area contributed by atoms with Gasteiger partial charge in [0.2, 0.25) is 5.96 Å². The molecule has 25 heavy (non-hydrogen) atoms. The zero-order chi connectivity index (χ0) is 18.1. The van der Waals surface area contributed by atoms with Crippen LogP contribution < -0.4 is 16.0 Å². The van der Waals surface area contributed by atoms with E-state index in [-0.39, 0.29) is 17.0 Å². The third-order valence-corrected chi connectivity index (χ3v) is 3.40. The molecule has 0 bridgehead atoms. The van der Waals surface area contributed by atoms with E-state index in [2.05, 4.69) is 25.9 Å². The van der Waals surface area contributed by atoms with Gasteiger partial charge < -0.3 is 10.6 Å². The second-order valence-electron chi connectivity index (χ2n) is 4.94. The molecular formula is C17H17ClN6O. The summed E-state index contributed by atoms with van der Waals surface area (Å²) in [5, 5.41) is 17.3. The van der Waals surface area contributed by atoms with E-state index in [1.165, 1.54) is 0 Å². The number of aromatic nitrogens is 1. The molecule has 0 fully saturated rings. The number of para-hydroxylation sites is 1. The third kappa shape index (κ3) is 5.19. The number of carbonyl (C=O) groups excluding carboxylic acids is 1. The van der Waals surface area contributed by atoms with Crippen LogP contribution in [0.4, 0.5) is 11.4 Å². The number of benzene rings is 1. The van der Waals surface area contributed by atoms with Gasteiger partial charge >= 0.3 is 0 Å². The van der Waals surface area contributed by atoms with Crippen LogP contribution in [0.5, 0.6) is 0 Å². The first-order chi connectivity index (χ1) is 12.2. The lowest BCUT2D eigenvalue weighted by Crippen LogP contribution is -2.27. The van der Waals surface area contributed by atoms with Crippen LogP contribution in [0.2, 0.25) is 5.15 Å². The number of nitrogens with one attached hydrogen (secondary N) is 3. The molecule has 0 saturated carbocycles. The van der Waals surface area contributed by atoms with Gasteiger partial charge in [-0.2, -0.15) is 5.26 Å². The Labute approximate surface area is 150 Å². The Morgan fingerprint density at radius 3 is 2.84 bits per heavy atom. The molecule has 0 aliphatic rings. The highest BCUT2D eigenvalue weighted by molar-refractivity contribution is 6.32. The minimum Gasteiger partial charge on any atom is -0.352 e. The van der Waals surface area contributed by atoms with Crippen LogP contribution in [0.1, 0.15) is 23.7 Å². The Kier molecular flexibility index (Phi) is 6.75. The van der Waals surface area contributed by atoms with E-state index in [0.29, 0.717) is 23.5 Å². The molecule has 0 aliphatic carbocycles. The van der Waals surface area contributed by atoms with Crippen LogP contribution in [0.15, 0.2) is 47.6 Å². The Morgan fingerprint density at radius 1 is 1.32 bits per heavy atom. The van der Waals surface area contributed by atoms with Crippen molar-refractivity contribution >= 4 is 34.8 Å². The van der Waals surface area contributed by atoms with E-state index in [4.69, 9.17) is 16.9 Å². The quantitative estimate of drug-likeness (QED) is 0.251. The minimum atomic E-state index is -0.225. The van der Waals surface area contributed by atoms with E-state index in [9.17, 15) is 4.79 Å². The summed E-state index contributed by atoms with van der Waals surface area (Å²) in [6.07, 6.45) is 4.19. The highest BCUT2D eigenvalue weighted by Gasteiger charge is 2.11. The van der Waals surface area contributed by atoms with Crippen molar-refractivity contribution in [1.82, 2.24) is 15.6 Å². The van der Waals surface area contributed by atoms with Crippen molar-refractivity contribution in [2.45, 2.75) is 13.3 Å². The lowest BCUT2D eigenvalue weighted by Gasteiger charge is -2.11. The van der Waals surface area contributed by atoms with Crippen molar-refractivity contribution in [2.24, 2.45) is 4.99 Å². The van der Waals surface area contributed by atoms with Gasteiger partial charge in [0, 0.05) is 12.7 Å². The maximum Gasteiger partial charge on any atom is 0.253 e. The largest absolute Gasteiger partial charge is 0.352 e. The molecule has 2 aromatic rings. The molecule has 1 aromatic heterocycles. The van der Waals surface area contributed by atoms with Crippen molar-refractivity contribution in [2.75, 3.05) is 11.9 Å². The maximum absolute atomic E-state index is 12.3. The van der Waals surface area contributed by atoms with Crippen LogP contribution in [0.3, 0.4) is 0 Å². The summed E-state index contributed by atoms with van der Waals surface area (Å²) in [5.74, 6) is -0.0925. The predicted octanol–water partition coefficient (Wildman–Crippen LogP) is 3.05. The molecular weight excluding hydrogens is 340 g/mol. The second kappa shape index (κ2) is 9.25. The van der Waals surface area contributed by atoms with E-state index in [1.807, 2.05) is 6.92 Å². The second-order valence-corrected chi connectivity index (χ2v) is 5.30. The first-order valence-corrected chi connectivity index (χ1v) is 8.02. The number of halogens is 1. The topological polar surface area (TPSA) is 102 Å². The van der Waals surface area contributed by atoms with Gasteiger partial charge in [-0.15, -0.1) is 0 Å². The zero-order valence-corrected chi connectivity index (χ0v) is 14.3. The Bertz CT molecular complexity index is 815. The van der Waals surface area contributed by atoms with Crippen LogP contribution in [0.25, 0.3) is 0 Å². The molecule has 1 heterocycles. The third-order valence-electron chi connectivity index (χ3n) is 3.10. The number of aliphatic imine (C=N–C) groups is 1. The summed E-state index contributed by atoms with van der Waals surface area (Å²) in [6.45, 7) is 2.55. The molecule has 2 rings (SSSR count). The van der Waals surface area contributed by atoms with E-state index >= 15 is 0 Å². The van der Waals surface area contributed by atoms with Gasteiger partial charge in [0.05, 0.1) is 16.9 Å². The highest BCUT2D eigenvalue weighted by Crippen LogP contribution is 2.21. The smallest absolute Gasteiger partial charge is 0.253 e. The summed E-state index contributed by atoms with van der Waals surface area (Å²) in [7, 11) is 0. The normalized spacial score (nSPS) is 10.7. The predicted molar refractivity (Wildman–Crippen MR) is 97.8 cm³/mol. The lowest BCUT2D eigenvalue weighted by molar-refractivity contribution is 0.0954. The standard InChI is InChI=1S/C17H17ClN6O/c1-2-9-21-16(25)12-6-3-4-7-13(12)23-17(22-11-19)24-14-8-5-10-20-15(14)18/h3-8,10H,2,9H2,1H3,(H,21,25)(H2,22,23,24). The molecule has 8 heteroatoms. The number of anilines is 1. The number of rotatable bonds is 5. The monoisotopic (exact) mass is 356 g/mol. The molecule has 3 N–H and O–H groups in total. The van der Waals surface area contributed by atoms with Crippen molar-refractivity contribution in [1.29, 1.82) is 5.26 Å². The molecule has 1 aromatic carbocycles. The molecule has 7 nitrogen and oxygen atoms in total. The zero-order valence-electron chi connectivity index (χ0n) is 13.6. The fourth-order valence-electron chi connectivity index (χ4n) is 1.96. The fourth-order valence-corrected chi connectivity index (χ4v) is 2.13. The summed E-state index contributed by atoms with van der Waals surface area (Å²) in [4.78, 5) is 20.5. The van der Waals surface area contributed by atoms with Crippen molar-refractivity contribution in [3.05, 3.63) is 53.3 Å². The van der Waals surface area contributed by atoms with Crippen LogP contribution in [-0.2, 0) is 0 Å². The van der Waals surface area contributed by atoms with E-state index < -0.39 is 0 Å². The molecule has 128 valence electrons. The maximum atomic E-state index is 12.3. The van der Waals surface area contributed by atoms with Crippen LogP contribution >= 0.6 is 11.6 Å². The van der Waals surface area contributed by atoms with E-state index in [0.717, 1.165) is 6.42 Å². The number of hydrogen-bond acceptors (Lipinski definition) is 4. The molecule has 0 aliphatic heterocycles. The summed E-state index contributed by atoms with van der Waals surface area (Å²) in [6, 6.07) is 10.3. The number of guanidine groups is 1. The molecule has 0 spiro atoms. The Hall–Kier alpha value is -3.11. The summed E-state index contributed by atoms with van der Waals surface area (Å²) >= 11 is 6.01.